The molecule has 0 saturated heterocycles. The fraction of sp³-hybridized carbons (Fsp3) is 0.474. The van der Waals surface area contributed by atoms with Gasteiger partial charge in [-0.25, -0.2) is 0 Å². The lowest BCUT2D eigenvalue weighted by Crippen LogP contribution is -2.19. The first kappa shape index (κ1) is 16.7. The molecule has 0 bridgehead atoms. The van der Waals surface area contributed by atoms with Crippen molar-refractivity contribution in [2.45, 2.75) is 51.6 Å². The van der Waals surface area contributed by atoms with E-state index in [-0.39, 0.29) is 5.92 Å². The number of nitrogens with one attached hydrogen (secondary N) is 1. The Bertz CT molecular complexity index is 715. The van der Waals surface area contributed by atoms with E-state index in [0.29, 0.717) is 11.1 Å². The van der Waals surface area contributed by atoms with Crippen molar-refractivity contribution in [3.05, 3.63) is 41.1 Å². The second kappa shape index (κ2) is 7.18. The Labute approximate surface area is 142 Å². The highest BCUT2D eigenvalue weighted by molar-refractivity contribution is 5.95. The predicted molar refractivity (Wildman–Crippen MR) is 93.4 cm³/mol. The summed E-state index contributed by atoms with van der Waals surface area (Å²) in [5.41, 5.74) is 9.17. The number of benzene rings is 1. The molecule has 1 aliphatic carbocycles. The minimum absolute atomic E-state index is 0.198. The van der Waals surface area contributed by atoms with E-state index in [1.54, 1.807) is 6.07 Å². The van der Waals surface area contributed by atoms with E-state index < -0.39 is 12.0 Å². The molecule has 24 heavy (non-hydrogen) atoms. The summed E-state index contributed by atoms with van der Waals surface area (Å²) >= 11 is 0. The van der Waals surface area contributed by atoms with Crippen LogP contribution in [0.15, 0.2) is 24.3 Å². The van der Waals surface area contributed by atoms with Crippen LogP contribution in [-0.4, -0.2) is 21.2 Å². The maximum atomic E-state index is 11.9. The Kier molecular flexibility index (Phi) is 5.00. The van der Waals surface area contributed by atoms with E-state index in [0.717, 1.165) is 42.6 Å². The number of aryl methyl sites for hydroxylation is 1. The molecule has 0 aliphatic heterocycles. The third-order valence-electron chi connectivity index (χ3n) is 4.99. The lowest BCUT2D eigenvalue weighted by Gasteiger charge is -2.23. The van der Waals surface area contributed by atoms with Crippen molar-refractivity contribution in [1.82, 2.24) is 10.2 Å². The summed E-state index contributed by atoms with van der Waals surface area (Å²) in [5, 5.41) is 18.0. The number of rotatable bonds is 4. The molecule has 1 heterocycles. The lowest BCUT2D eigenvalue weighted by molar-refractivity contribution is 0.0917. The average Bonchev–Trinajstić information content (AvgIpc) is 2.84. The third kappa shape index (κ3) is 3.51. The van der Waals surface area contributed by atoms with Gasteiger partial charge in [0.05, 0.1) is 11.8 Å². The molecule has 5 heteroatoms. The van der Waals surface area contributed by atoms with Crippen LogP contribution < -0.4 is 5.73 Å². The highest BCUT2D eigenvalue weighted by Crippen LogP contribution is 2.35. The zero-order chi connectivity index (χ0) is 17.1. The topological polar surface area (TPSA) is 92.0 Å². The summed E-state index contributed by atoms with van der Waals surface area (Å²) < 4.78 is 0. The molecule has 3 rings (SSSR count). The first-order chi connectivity index (χ1) is 11.6. The first-order valence-corrected chi connectivity index (χ1v) is 8.70. The standard InChI is InChI=1S/C19H25N3O2/c1-12-10-17(22-21-12)14-8-9-15(16(11-14)19(20)24)18(23)13-6-4-2-3-5-7-13/h8-11,13,18,23H,2-7H2,1H3,(H2,20,24)(H,21,22). The molecule has 1 saturated carbocycles. The minimum atomic E-state index is -0.638. The van der Waals surface area contributed by atoms with Gasteiger partial charge in [-0.05, 0) is 43.4 Å². The molecule has 1 aromatic carbocycles. The van der Waals surface area contributed by atoms with Gasteiger partial charge in [0, 0.05) is 16.8 Å². The van der Waals surface area contributed by atoms with Crippen LogP contribution in [0.3, 0.4) is 0 Å². The van der Waals surface area contributed by atoms with Crippen molar-refractivity contribution >= 4 is 5.91 Å². The number of nitrogens with zero attached hydrogens (tertiary/aromatic N) is 1. The molecule has 1 aliphatic rings. The molecular weight excluding hydrogens is 302 g/mol. The number of hydrogen-bond acceptors (Lipinski definition) is 3. The number of H-pyrrole nitrogens is 1. The molecule has 1 unspecified atom stereocenters. The van der Waals surface area contributed by atoms with E-state index >= 15 is 0 Å². The van der Waals surface area contributed by atoms with Gasteiger partial charge in [0.15, 0.2) is 0 Å². The number of aromatic amines is 1. The van der Waals surface area contributed by atoms with Crippen molar-refractivity contribution in [3.8, 4) is 11.3 Å². The maximum Gasteiger partial charge on any atom is 0.249 e. The average molecular weight is 327 g/mol. The zero-order valence-electron chi connectivity index (χ0n) is 14.1. The molecule has 1 amide bonds. The molecule has 0 radical (unpaired) electrons. The van der Waals surface area contributed by atoms with Crippen LogP contribution in [-0.2, 0) is 0 Å². The van der Waals surface area contributed by atoms with Crippen LogP contribution in [0.4, 0.5) is 0 Å². The summed E-state index contributed by atoms with van der Waals surface area (Å²) in [6.45, 7) is 1.93. The zero-order valence-corrected chi connectivity index (χ0v) is 14.1. The van der Waals surface area contributed by atoms with Gasteiger partial charge >= 0.3 is 0 Å². The van der Waals surface area contributed by atoms with Crippen molar-refractivity contribution in [1.29, 1.82) is 0 Å². The molecule has 0 spiro atoms. The van der Waals surface area contributed by atoms with E-state index in [1.165, 1.54) is 12.8 Å². The van der Waals surface area contributed by atoms with Gasteiger partial charge in [0.25, 0.3) is 0 Å². The Morgan fingerprint density at radius 2 is 1.96 bits per heavy atom. The van der Waals surface area contributed by atoms with Crippen LogP contribution in [0.5, 0.6) is 0 Å². The number of carbonyl (C=O) groups is 1. The molecule has 5 nitrogen and oxygen atoms in total. The lowest BCUT2D eigenvalue weighted by atomic mass is 9.86. The maximum absolute atomic E-state index is 11.9. The molecule has 1 atom stereocenters. The monoisotopic (exact) mass is 327 g/mol. The Morgan fingerprint density at radius 1 is 1.25 bits per heavy atom. The van der Waals surface area contributed by atoms with Gasteiger partial charge in [0.1, 0.15) is 0 Å². The van der Waals surface area contributed by atoms with Crippen LogP contribution in [0.2, 0.25) is 0 Å². The summed E-state index contributed by atoms with van der Waals surface area (Å²) in [6, 6.07) is 7.39. The van der Waals surface area contributed by atoms with Crippen LogP contribution in [0, 0.1) is 12.8 Å². The van der Waals surface area contributed by atoms with Crippen LogP contribution in [0.1, 0.15) is 66.2 Å². The normalized spacial score (nSPS) is 17.4. The first-order valence-electron chi connectivity index (χ1n) is 8.70. The van der Waals surface area contributed by atoms with Crippen LogP contribution in [0.25, 0.3) is 11.3 Å². The molecular formula is C19H25N3O2. The molecule has 1 fully saturated rings. The number of carbonyl (C=O) groups excluding carboxylic acids is 1. The number of nitrogens with two attached hydrogens (primary N) is 1. The van der Waals surface area contributed by atoms with Crippen molar-refractivity contribution in [2.24, 2.45) is 11.7 Å². The number of amides is 1. The Morgan fingerprint density at radius 3 is 2.54 bits per heavy atom. The van der Waals surface area contributed by atoms with E-state index in [9.17, 15) is 9.90 Å². The smallest absolute Gasteiger partial charge is 0.249 e. The third-order valence-corrected chi connectivity index (χ3v) is 4.99. The number of aliphatic hydroxyl groups excluding tert-OH is 1. The second-order valence-corrected chi connectivity index (χ2v) is 6.80. The predicted octanol–water partition coefficient (Wildman–Crippen LogP) is 3.49. The Balaban J connectivity index is 1.93. The van der Waals surface area contributed by atoms with Gasteiger partial charge in [-0.3, -0.25) is 9.89 Å². The van der Waals surface area contributed by atoms with Gasteiger partial charge in [-0.1, -0.05) is 37.8 Å². The van der Waals surface area contributed by atoms with E-state index in [2.05, 4.69) is 10.2 Å². The summed E-state index contributed by atoms with van der Waals surface area (Å²) in [5.74, 6) is -0.309. The van der Waals surface area contributed by atoms with Gasteiger partial charge in [-0.2, -0.15) is 5.10 Å². The SMILES string of the molecule is Cc1cc(-c2ccc(C(O)C3CCCCCC3)c(C(N)=O)c2)n[nH]1. The number of primary amides is 1. The van der Waals surface area contributed by atoms with Crippen LogP contribution >= 0.6 is 0 Å². The molecule has 128 valence electrons. The van der Waals surface area contributed by atoms with Crippen molar-refractivity contribution in [2.75, 3.05) is 0 Å². The van der Waals surface area contributed by atoms with E-state index in [4.69, 9.17) is 5.73 Å². The largest absolute Gasteiger partial charge is 0.388 e. The fourth-order valence-corrected chi connectivity index (χ4v) is 3.63. The number of aromatic nitrogens is 2. The minimum Gasteiger partial charge on any atom is -0.388 e. The molecule has 1 aromatic heterocycles. The molecule has 4 N–H and O–H groups in total. The quantitative estimate of drug-likeness (QED) is 0.751. The molecule has 2 aromatic rings. The number of hydrogen-bond donors (Lipinski definition) is 3. The Hall–Kier alpha value is -2.14. The highest BCUT2D eigenvalue weighted by atomic mass is 16.3. The van der Waals surface area contributed by atoms with Gasteiger partial charge in [0.2, 0.25) is 5.91 Å². The summed E-state index contributed by atoms with van der Waals surface area (Å²) in [6.07, 6.45) is 6.09. The van der Waals surface area contributed by atoms with Gasteiger partial charge in [-0.15, -0.1) is 0 Å². The highest BCUT2D eigenvalue weighted by Gasteiger charge is 2.25. The fourth-order valence-electron chi connectivity index (χ4n) is 3.63. The summed E-state index contributed by atoms with van der Waals surface area (Å²) in [4.78, 5) is 11.9. The van der Waals surface area contributed by atoms with Crippen molar-refractivity contribution in [3.63, 3.8) is 0 Å². The van der Waals surface area contributed by atoms with E-state index in [1.807, 2.05) is 25.1 Å². The number of aliphatic hydroxyl groups is 1. The van der Waals surface area contributed by atoms with Gasteiger partial charge < -0.3 is 10.8 Å². The van der Waals surface area contributed by atoms with Crippen molar-refractivity contribution < 1.29 is 9.90 Å². The summed E-state index contributed by atoms with van der Waals surface area (Å²) in [7, 11) is 0. The second-order valence-electron chi connectivity index (χ2n) is 6.80.